The summed E-state index contributed by atoms with van der Waals surface area (Å²) in [4.78, 5) is 14.6. The molecule has 1 aliphatic heterocycles. The summed E-state index contributed by atoms with van der Waals surface area (Å²) in [6, 6.07) is 4.28. The maximum atomic E-state index is 13.3. The Balaban J connectivity index is 1.96. The van der Waals surface area contributed by atoms with Gasteiger partial charge in [-0.25, -0.2) is 8.78 Å². The molecular formula is C18H27F2N3O. The summed E-state index contributed by atoms with van der Waals surface area (Å²) in [7, 11) is 0. The van der Waals surface area contributed by atoms with Gasteiger partial charge in [0.05, 0.1) is 6.04 Å². The first-order valence-corrected chi connectivity index (χ1v) is 8.51. The molecule has 24 heavy (non-hydrogen) atoms. The van der Waals surface area contributed by atoms with Crippen LogP contribution in [0.25, 0.3) is 0 Å². The van der Waals surface area contributed by atoms with Crippen molar-refractivity contribution in [2.75, 3.05) is 6.54 Å². The van der Waals surface area contributed by atoms with E-state index in [0.29, 0.717) is 18.5 Å². The first-order chi connectivity index (χ1) is 11.3. The molecule has 0 aromatic heterocycles. The van der Waals surface area contributed by atoms with Crippen LogP contribution >= 0.6 is 0 Å². The molecule has 1 aromatic rings. The average Bonchev–Trinajstić information content (AvgIpc) is 2.92. The number of hydrogen-bond acceptors (Lipinski definition) is 3. The van der Waals surface area contributed by atoms with Crippen molar-refractivity contribution in [1.82, 2.24) is 15.5 Å². The van der Waals surface area contributed by atoms with Gasteiger partial charge in [-0.15, -0.1) is 0 Å². The van der Waals surface area contributed by atoms with E-state index in [9.17, 15) is 13.6 Å². The monoisotopic (exact) mass is 339 g/mol. The van der Waals surface area contributed by atoms with Crippen LogP contribution in [-0.4, -0.2) is 41.5 Å². The molecule has 134 valence electrons. The number of nitrogens with one attached hydrogen (secondary N) is 2. The lowest BCUT2D eigenvalue weighted by Crippen LogP contribution is -2.47. The Hall–Kier alpha value is -1.53. The average molecular weight is 339 g/mol. The Morgan fingerprint density at radius 1 is 1.25 bits per heavy atom. The van der Waals surface area contributed by atoms with E-state index >= 15 is 0 Å². The Labute approximate surface area is 142 Å². The predicted molar refractivity (Wildman–Crippen MR) is 90.5 cm³/mol. The van der Waals surface area contributed by atoms with E-state index in [-0.39, 0.29) is 30.1 Å². The topological polar surface area (TPSA) is 44.4 Å². The van der Waals surface area contributed by atoms with Crippen molar-refractivity contribution < 1.29 is 13.6 Å². The van der Waals surface area contributed by atoms with E-state index in [1.807, 2.05) is 13.8 Å². The molecule has 1 aromatic carbocycles. The third-order valence-electron chi connectivity index (χ3n) is 4.32. The van der Waals surface area contributed by atoms with Crippen LogP contribution in [0.15, 0.2) is 18.2 Å². The molecule has 4 nitrogen and oxygen atoms in total. The first-order valence-electron chi connectivity index (χ1n) is 8.51. The van der Waals surface area contributed by atoms with Crippen LogP contribution in [0.3, 0.4) is 0 Å². The first kappa shape index (κ1) is 18.8. The number of carbonyl (C=O) groups excluding carboxylic acids is 1. The highest BCUT2D eigenvalue weighted by molar-refractivity contribution is 5.82. The van der Waals surface area contributed by atoms with Crippen LogP contribution < -0.4 is 10.6 Å². The molecule has 2 N–H and O–H groups in total. The second-order valence-electron chi connectivity index (χ2n) is 7.03. The van der Waals surface area contributed by atoms with Crippen molar-refractivity contribution in [1.29, 1.82) is 0 Å². The Bertz CT molecular complexity index is 577. The number of carbonyl (C=O) groups is 1. The van der Waals surface area contributed by atoms with E-state index in [1.165, 1.54) is 6.07 Å². The third kappa shape index (κ3) is 4.74. The molecule has 0 unspecified atom stereocenters. The van der Waals surface area contributed by atoms with E-state index in [0.717, 1.165) is 12.6 Å². The van der Waals surface area contributed by atoms with Crippen molar-refractivity contribution in [3.63, 3.8) is 0 Å². The summed E-state index contributed by atoms with van der Waals surface area (Å²) in [5, 5.41) is 6.33. The third-order valence-corrected chi connectivity index (χ3v) is 4.32. The SMILES string of the molecule is CC(C)NC(=O)[C@@H]1C[C@@H](NCc2ccc(F)c(F)c2)CN1C(C)C. The van der Waals surface area contributed by atoms with E-state index in [4.69, 9.17) is 0 Å². The summed E-state index contributed by atoms with van der Waals surface area (Å²) in [5.74, 6) is -1.62. The smallest absolute Gasteiger partial charge is 0.237 e. The fourth-order valence-electron chi connectivity index (χ4n) is 3.13. The van der Waals surface area contributed by atoms with Gasteiger partial charge in [0.25, 0.3) is 0 Å². The molecule has 1 amide bonds. The minimum Gasteiger partial charge on any atom is -0.353 e. The van der Waals surface area contributed by atoms with Crippen LogP contribution in [0.2, 0.25) is 0 Å². The van der Waals surface area contributed by atoms with Crippen LogP contribution in [0.1, 0.15) is 39.7 Å². The van der Waals surface area contributed by atoms with E-state index in [2.05, 4.69) is 29.4 Å². The molecule has 2 rings (SSSR count). The molecule has 2 atom stereocenters. The van der Waals surface area contributed by atoms with Crippen LogP contribution in [0, 0.1) is 11.6 Å². The molecule has 0 bridgehead atoms. The lowest BCUT2D eigenvalue weighted by molar-refractivity contribution is -0.126. The molecule has 0 spiro atoms. The van der Waals surface area contributed by atoms with Crippen LogP contribution in [0.4, 0.5) is 8.78 Å². The molecule has 0 radical (unpaired) electrons. The number of amides is 1. The van der Waals surface area contributed by atoms with E-state index < -0.39 is 11.6 Å². The Kier molecular flexibility index (Phi) is 6.29. The van der Waals surface area contributed by atoms with E-state index in [1.54, 1.807) is 6.07 Å². The standard InChI is InChI=1S/C18H27F2N3O/c1-11(2)22-18(24)17-8-14(10-23(17)12(3)4)21-9-13-5-6-15(19)16(20)7-13/h5-7,11-12,14,17,21H,8-10H2,1-4H3,(H,22,24)/t14-,17+/m1/s1. The number of hydrogen-bond donors (Lipinski definition) is 2. The molecule has 1 aliphatic rings. The van der Waals surface area contributed by atoms with Gasteiger partial charge in [0.15, 0.2) is 11.6 Å². The highest BCUT2D eigenvalue weighted by Crippen LogP contribution is 2.21. The zero-order valence-corrected chi connectivity index (χ0v) is 14.8. The lowest BCUT2D eigenvalue weighted by atomic mass is 10.1. The summed E-state index contributed by atoms with van der Waals surface area (Å²) in [5.41, 5.74) is 0.695. The highest BCUT2D eigenvalue weighted by atomic mass is 19.2. The quantitative estimate of drug-likeness (QED) is 0.837. The van der Waals surface area contributed by atoms with Gasteiger partial charge in [0.2, 0.25) is 5.91 Å². The van der Waals surface area contributed by atoms with Gasteiger partial charge in [-0.3, -0.25) is 9.69 Å². The molecule has 0 saturated carbocycles. The largest absolute Gasteiger partial charge is 0.353 e. The Morgan fingerprint density at radius 2 is 1.96 bits per heavy atom. The van der Waals surface area contributed by atoms with Gasteiger partial charge < -0.3 is 10.6 Å². The maximum Gasteiger partial charge on any atom is 0.237 e. The molecule has 1 heterocycles. The van der Waals surface area contributed by atoms with Crippen molar-refractivity contribution in [3.8, 4) is 0 Å². The number of rotatable bonds is 6. The normalized spacial score (nSPS) is 21.7. The Morgan fingerprint density at radius 3 is 2.54 bits per heavy atom. The van der Waals surface area contributed by atoms with Crippen molar-refractivity contribution in [3.05, 3.63) is 35.4 Å². The fourth-order valence-corrected chi connectivity index (χ4v) is 3.13. The van der Waals surface area contributed by atoms with Crippen molar-refractivity contribution >= 4 is 5.91 Å². The predicted octanol–water partition coefficient (Wildman–Crippen LogP) is 2.43. The number of halogens is 2. The van der Waals surface area contributed by atoms with Gasteiger partial charge in [-0.1, -0.05) is 6.07 Å². The zero-order chi connectivity index (χ0) is 17.9. The summed E-state index contributed by atoms with van der Waals surface area (Å²) < 4.78 is 26.3. The summed E-state index contributed by atoms with van der Waals surface area (Å²) in [6.07, 6.45) is 0.709. The van der Waals surface area contributed by atoms with Gasteiger partial charge >= 0.3 is 0 Å². The van der Waals surface area contributed by atoms with Crippen LogP contribution in [0.5, 0.6) is 0 Å². The minimum absolute atomic E-state index is 0.0517. The molecule has 6 heteroatoms. The number of benzene rings is 1. The summed E-state index contributed by atoms with van der Waals surface area (Å²) in [6.45, 7) is 9.27. The van der Waals surface area contributed by atoms with Crippen molar-refractivity contribution in [2.45, 2.75) is 64.8 Å². The van der Waals surface area contributed by atoms with Crippen LogP contribution in [-0.2, 0) is 11.3 Å². The highest BCUT2D eigenvalue weighted by Gasteiger charge is 2.37. The second kappa shape index (κ2) is 8.03. The maximum absolute atomic E-state index is 13.3. The lowest BCUT2D eigenvalue weighted by Gasteiger charge is -2.27. The van der Waals surface area contributed by atoms with Gasteiger partial charge in [-0.2, -0.15) is 0 Å². The van der Waals surface area contributed by atoms with Gasteiger partial charge in [0.1, 0.15) is 0 Å². The second-order valence-corrected chi connectivity index (χ2v) is 7.03. The summed E-state index contributed by atoms with van der Waals surface area (Å²) >= 11 is 0. The molecule has 1 fully saturated rings. The fraction of sp³-hybridized carbons (Fsp3) is 0.611. The van der Waals surface area contributed by atoms with Gasteiger partial charge in [-0.05, 0) is 51.8 Å². The molecular weight excluding hydrogens is 312 g/mol. The number of nitrogens with zero attached hydrogens (tertiary/aromatic N) is 1. The number of likely N-dealkylation sites (tertiary alicyclic amines) is 1. The van der Waals surface area contributed by atoms with Crippen molar-refractivity contribution in [2.24, 2.45) is 0 Å². The zero-order valence-electron chi connectivity index (χ0n) is 14.8. The van der Waals surface area contributed by atoms with Gasteiger partial charge in [0, 0.05) is 31.2 Å². The molecule has 1 saturated heterocycles. The molecule has 0 aliphatic carbocycles. The minimum atomic E-state index is -0.837.